The van der Waals surface area contributed by atoms with Gasteiger partial charge in [-0.1, -0.05) is 37.3 Å². The Balaban J connectivity index is 1.88. The quantitative estimate of drug-likeness (QED) is 0.172. The van der Waals surface area contributed by atoms with Crippen LogP contribution in [0.25, 0.3) is 11.1 Å². The summed E-state index contributed by atoms with van der Waals surface area (Å²) in [5.74, 6) is 1.03. The maximum absolute atomic E-state index is 13.6. The molecule has 2 amide bonds. The fourth-order valence-electron chi connectivity index (χ4n) is 3.71. The smallest absolute Gasteiger partial charge is 0.302 e. The summed E-state index contributed by atoms with van der Waals surface area (Å²) in [6, 6.07) is 12.2. The van der Waals surface area contributed by atoms with Gasteiger partial charge in [-0.25, -0.2) is 15.7 Å². The van der Waals surface area contributed by atoms with Gasteiger partial charge < -0.3 is 4.42 Å². The molecule has 0 saturated carbocycles. The Hall–Kier alpha value is -3.96. The SMILES string of the molecule is CCc1cccc(C)c1N1C(=O)C(=O)C(c2nc3ccccc3o2)C(=NNC(=S)NN)C1=O. The van der Waals surface area contributed by atoms with E-state index in [2.05, 4.69) is 20.9 Å². The van der Waals surface area contributed by atoms with Gasteiger partial charge in [0.05, 0.1) is 5.69 Å². The van der Waals surface area contributed by atoms with Crippen molar-refractivity contribution in [3.8, 4) is 0 Å². The van der Waals surface area contributed by atoms with E-state index < -0.39 is 23.5 Å². The van der Waals surface area contributed by atoms with Crippen molar-refractivity contribution in [2.24, 2.45) is 10.9 Å². The number of hydrogen-bond acceptors (Lipinski definition) is 8. The van der Waals surface area contributed by atoms with Gasteiger partial charge in [0.15, 0.2) is 11.5 Å². The number of fused-ring (bicyclic) bond motifs is 1. The first-order valence-corrected chi connectivity index (χ1v) is 10.5. The molecular formula is C22H20N6O4S. The molecule has 4 rings (SSSR count). The van der Waals surface area contributed by atoms with Crippen LogP contribution in [0.1, 0.15) is 29.9 Å². The Labute approximate surface area is 193 Å². The minimum absolute atomic E-state index is 0.0901. The number of rotatable bonds is 4. The van der Waals surface area contributed by atoms with E-state index in [1.807, 2.05) is 13.0 Å². The lowest BCUT2D eigenvalue weighted by Gasteiger charge is -2.31. The van der Waals surface area contributed by atoms with Crippen LogP contribution in [0.5, 0.6) is 0 Å². The number of Topliss-reactive ketones (excluding diaryl/α,β-unsaturated/α-hetero) is 1. The second kappa shape index (κ2) is 8.88. The van der Waals surface area contributed by atoms with Crippen molar-refractivity contribution in [3.63, 3.8) is 0 Å². The lowest BCUT2D eigenvalue weighted by molar-refractivity contribution is -0.139. The fraction of sp³-hybridized carbons (Fsp3) is 0.182. The van der Waals surface area contributed by atoms with Crippen molar-refractivity contribution < 1.29 is 18.8 Å². The third kappa shape index (κ3) is 3.88. The number of piperidine rings is 1. The van der Waals surface area contributed by atoms with Crippen LogP contribution >= 0.6 is 12.2 Å². The number of para-hydroxylation sites is 3. The maximum atomic E-state index is 13.6. The predicted octanol–water partition coefficient (Wildman–Crippen LogP) is 1.62. The predicted molar refractivity (Wildman–Crippen MR) is 125 cm³/mol. The molecule has 1 saturated heterocycles. The minimum Gasteiger partial charge on any atom is -0.439 e. The number of carbonyl (C=O) groups is 3. The molecule has 11 heteroatoms. The lowest BCUT2D eigenvalue weighted by atomic mass is 9.90. The number of carbonyl (C=O) groups excluding carboxylic acids is 3. The first-order valence-electron chi connectivity index (χ1n) is 10.1. The molecule has 1 atom stereocenters. The Bertz CT molecular complexity index is 1300. The summed E-state index contributed by atoms with van der Waals surface area (Å²) >= 11 is 4.94. The number of oxazole rings is 1. The van der Waals surface area contributed by atoms with Crippen molar-refractivity contribution in [1.82, 2.24) is 15.8 Å². The standard InChI is InChI=1S/C22H20N6O4S/c1-3-12-8-6-7-11(2)17(12)28-20(30)16(26-27-22(33)25-23)15(18(29)21(28)31)19-24-13-9-4-5-10-14(13)32-19/h4-10,15H,3,23H2,1-2H3,(H2,25,27,33). The zero-order chi connectivity index (χ0) is 23.7. The van der Waals surface area contributed by atoms with Gasteiger partial charge in [-0.05, 0) is 48.8 Å². The van der Waals surface area contributed by atoms with Crippen molar-refractivity contribution in [2.45, 2.75) is 26.2 Å². The Morgan fingerprint density at radius 2 is 1.94 bits per heavy atom. The summed E-state index contributed by atoms with van der Waals surface area (Å²) in [7, 11) is 0. The molecule has 2 heterocycles. The highest BCUT2D eigenvalue weighted by Gasteiger charge is 2.50. The second-order valence-electron chi connectivity index (χ2n) is 7.28. The van der Waals surface area contributed by atoms with Gasteiger partial charge in [0, 0.05) is 0 Å². The normalized spacial score (nSPS) is 17.7. The van der Waals surface area contributed by atoms with Gasteiger partial charge in [0.2, 0.25) is 16.8 Å². The van der Waals surface area contributed by atoms with Crippen LogP contribution in [-0.4, -0.2) is 33.4 Å². The van der Waals surface area contributed by atoms with Crippen LogP contribution in [0, 0.1) is 6.92 Å². The largest absolute Gasteiger partial charge is 0.439 e. The Kier molecular flexibility index (Phi) is 5.99. The molecule has 1 aromatic heterocycles. The van der Waals surface area contributed by atoms with E-state index in [0.717, 1.165) is 10.5 Å². The van der Waals surface area contributed by atoms with Crippen molar-refractivity contribution in [1.29, 1.82) is 0 Å². The number of anilines is 1. The molecule has 33 heavy (non-hydrogen) atoms. The summed E-state index contributed by atoms with van der Waals surface area (Å²) < 4.78 is 5.71. The number of hydrogen-bond donors (Lipinski definition) is 3. The highest BCUT2D eigenvalue weighted by Crippen LogP contribution is 2.33. The van der Waals surface area contributed by atoms with Gasteiger partial charge in [-0.3, -0.25) is 25.2 Å². The van der Waals surface area contributed by atoms with Crippen LogP contribution in [0.2, 0.25) is 0 Å². The molecule has 0 spiro atoms. The molecule has 1 aliphatic rings. The molecule has 1 unspecified atom stereocenters. The average Bonchev–Trinajstić information content (AvgIpc) is 3.24. The lowest BCUT2D eigenvalue weighted by Crippen LogP contribution is -2.56. The molecule has 10 nitrogen and oxygen atoms in total. The van der Waals surface area contributed by atoms with Crippen LogP contribution in [-0.2, 0) is 20.8 Å². The van der Waals surface area contributed by atoms with Crippen molar-refractivity contribution in [3.05, 3.63) is 59.5 Å². The highest BCUT2D eigenvalue weighted by atomic mass is 32.1. The van der Waals surface area contributed by atoms with E-state index in [1.165, 1.54) is 0 Å². The van der Waals surface area contributed by atoms with E-state index in [-0.39, 0.29) is 16.7 Å². The summed E-state index contributed by atoms with van der Waals surface area (Å²) in [6.45, 7) is 3.65. The number of nitrogens with zero attached hydrogens (tertiary/aromatic N) is 3. The topological polar surface area (TPSA) is 143 Å². The van der Waals surface area contributed by atoms with Crippen LogP contribution in [0.15, 0.2) is 52.0 Å². The third-order valence-corrected chi connectivity index (χ3v) is 5.47. The van der Waals surface area contributed by atoms with E-state index in [9.17, 15) is 14.4 Å². The molecule has 168 valence electrons. The van der Waals surface area contributed by atoms with Crippen LogP contribution in [0.4, 0.5) is 5.69 Å². The summed E-state index contributed by atoms with van der Waals surface area (Å²) in [6.07, 6.45) is 0.544. The van der Waals surface area contributed by atoms with E-state index in [4.69, 9.17) is 22.5 Å². The number of hydrazine groups is 1. The molecule has 0 bridgehead atoms. The number of nitrogens with two attached hydrogens (primary N) is 1. The number of thiocarbonyl (C=S) groups is 1. The number of benzene rings is 2. The van der Waals surface area contributed by atoms with Gasteiger partial charge in [0.25, 0.3) is 5.91 Å². The molecular weight excluding hydrogens is 444 g/mol. The Morgan fingerprint density at radius 3 is 2.64 bits per heavy atom. The first kappa shape index (κ1) is 22.2. The molecule has 4 N–H and O–H groups in total. The monoisotopic (exact) mass is 464 g/mol. The molecule has 3 aromatic rings. The zero-order valence-corrected chi connectivity index (χ0v) is 18.6. The average molecular weight is 465 g/mol. The number of aryl methyl sites for hydroxylation is 2. The van der Waals surface area contributed by atoms with E-state index in [1.54, 1.807) is 43.3 Å². The summed E-state index contributed by atoms with van der Waals surface area (Å²) in [5.41, 5.74) is 6.93. The molecule has 0 aliphatic carbocycles. The number of nitrogens with one attached hydrogen (secondary N) is 2. The van der Waals surface area contributed by atoms with Gasteiger partial charge in [-0.2, -0.15) is 5.10 Å². The Morgan fingerprint density at radius 1 is 1.18 bits per heavy atom. The van der Waals surface area contributed by atoms with Crippen LogP contribution in [0.3, 0.4) is 0 Å². The number of ketones is 1. The zero-order valence-electron chi connectivity index (χ0n) is 17.8. The summed E-state index contributed by atoms with van der Waals surface area (Å²) in [4.78, 5) is 45.4. The summed E-state index contributed by atoms with van der Waals surface area (Å²) in [5, 5.41) is 3.94. The van der Waals surface area contributed by atoms with E-state index >= 15 is 0 Å². The molecule has 0 radical (unpaired) electrons. The molecule has 2 aromatic carbocycles. The third-order valence-electron chi connectivity index (χ3n) is 5.26. The minimum atomic E-state index is -1.45. The van der Waals surface area contributed by atoms with Crippen molar-refractivity contribution >= 4 is 57.4 Å². The second-order valence-corrected chi connectivity index (χ2v) is 7.69. The van der Waals surface area contributed by atoms with E-state index in [0.29, 0.717) is 28.8 Å². The van der Waals surface area contributed by atoms with Crippen molar-refractivity contribution in [2.75, 3.05) is 4.90 Å². The number of amides is 2. The molecule has 1 fully saturated rings. The van der Waals surface area contributed by atoms with Crippen LogP contribution < -0.4 is 21.6 Å². The van der Waals surface area contributed by atoms with Gasteiger partial charge in [0.1, 0.15) is 11.2 Å². The molecule has 1 aliphatic heterocycles. The highest BCUT2D eigenvalue weighted by molar-refractivity contribution is 7.80. The van der Waals surface area contributed by atoms with Gasteiger partial charge in [-0.15, -0.1) is 0 Å². The van der Waals surface area contributed by atoms with Gasteiger partial charge >= 0.3 is 5.91 Å². The fourth-order valence-corrected chi connectivity index (χ4v) is 3.76. The number of aromatic nitrogens is 1. The number of hydrazone groups is 1. The maximum Gasteiger partial charge on any atom is 0.302 e. The first-order chi connectivity index (χ1) is 15.9. The number of imide groups is 1.